The number of rotatable bonds is 6. The van der Waals surface area contributed by atoms with Gasteiger partial charge in [0.1, 0.15) is 11.4 Å². The third-order valence-electron chi connectivity index (χ3n) is 4.74. The predicted octanol–water partition coefficient (Wildman–Crippen LogP) is 3.64. The number of hydrogen-bond acceptors (Lipinski definition) is 5. The van der Waals surface area contributed by atoms with E-state index in [0.717, 1.165) is 11.3 Å². The molecule has 0 fully saturated rings. The first kappa shape index (κ1) is 18.6. The molecular weight excluding hydrogens is 392 g/mol. The van der Waals surface area contributed by atoms with Gasteiger partial charge in [-0.05, 0) is 36.4 Å². The second kappa shape index (κ2) is 8.11. The Kier molecular flexibility index (Phi) is 4.86. The molecule has 0 saturated heterocycles. The highest BCUT2D eigenvalue weighted by molar-refractivity contribution is 5.94. The molecule has 0 bridgehead atoms. The van der Waals surface area contributed by atoms with Gasteiger partial charge in [0.2, 0.25) is 0 Å². The number of hydrogen-bond donors (Lipinski definition) is 1. The van der Waals surface area contributed by atoms with E-state index in [9.17, 15) is 4.79 Å². The van der Waals surface area contributed by atoms with Gasteiger partial charge in [-0.2, -0.15) is 10.2 Å². The molecule has 5 aromatic rings. The van der Waals surface area contributed by atoms with Crippen molar-refractivity contribution in [3.63, 3.8) is 0 Å². The van der Waals surface area contributed by atoms with Crippen LogP contribution in [-0.4, -0.2) is 30.5 Å². The van der Waals surface area contributed by atoms with Crippen LogP contribution in [0.25, 0.3) is 23.0 Å². The van der Waals surface area contributed by atoms with Gasteiger partial charge in [0.25, 0.3) is 5.91 Å². The van der Waals surface area contributed by atoms with E-state index in [1.807, 2.05) is 60.8 Å². The molecule has 4 aromatic heterocycles. The minimum absolute atomic E-state index is 0.260. The van der Waals surface area contributed by atoms with Crippen LogP contribution < -0.4 is 5.32 Å². The fourth-order valence-corrected chi connectivity index (χ4v) is 3.29. The first-order chi connectivity index (χ1) is 15.3. The lowest BCUT2D eigenvalue weighted by molar-refractivity contribution is 0.0943. The molecule has 0 spiro atoms. The number of furan rings is 1. The SMILES string of the molecule is O=C(NCc1cccnc1-n1cccn1)c1cc(-c2ccco2)nn1-c1ccccc1. The standard InChI is InChI=1S/C23H18N6O2/c30-23(25-16-17-7-4-11-24-22(17)28-13-6-12-26-28)20-15-19(21-10-5-14-31-21)27-29(20)18-8-2-1-3-9-18/h1-15H,16H2,(H,25,30). The minimum Gasteiger partial charge on any atom is -0.463 e. The zero-order valence-electron chi connectivity index (χ0n) is 16.4. The fraction of sp³-hybridized carbons (Fsp3) is 0.0435. The molecule has 0 atom stereocenters. The number of amides is 1. The molecule has 4 heterocycles. The van der Waals surface area contributed by atoms with Crippen LogP contribution in [0.5, 0.6) is 0 Å². The monoisotopic (exact) mass is 410 g/mol. The quantitative estimate of drug-likeness (QED) is 0.461. The molecule has 152 valence electrons. The smallest absolute Gasteiger partial charge is 0.270 e. The minimum atomic E-state index is -0.260. The molecule has 31 heavy (non-hydrogen) atoms. The average molecular weight is 410 g/mol. The van der Waals surface area contributed by atoms with Crippen molar-refractivity contribution in [1.29, 1.82) is 0 Å². The molecule has 0 saturated carbocycles. The van der Waals surface area contributed by atoms with E-state index < -0.39 is 0 Å². The van der Waals surface area contributed by atoms with Crippen LogP contribution in [-0.2, 0) is 6.54 Å². The topological polar surface area (TPSA) is 90.8 Å². The van der Waals surface area contributed by atoms with Crippen LogP contribution in [0.2, 0.25) is 0 Å². The molecular formula is C23H18N6O2. The van der Waals surface area contributed by atoms with Crippen molar-refractivity contribution in [1.82, 2.24) is 29.9 Å². The summed E-state index contributed by atoms with van der Waals surface area (Å²) in [5.74, 6) is 1.00. The molecule has 0 unspecified atom stereocenters. The van der Waals surface area contributed by atoms with E-state index in [0.29, 0.717) is 23.0 Å². The summed E-state index contributed by atoms with van der Waals surface area (Å²) in [6, 6.07) is 20.4. The number of carbonyl (C=O) groups excluding carboxylic acids is 1. The Bertz CT molecular complexity index is 1290. The predicted molar refractivity (Wildman–Crippen MR) is 114 cm³/mol. The number of nitrogens with one attached hydrogen (secondary N) is 1. The van der Waals surface area contributed by atoms with E-state index in [4.69, 9.17) is 4.42 Å². The van der Waals surface area contributed by atoms with Crippen molar-refractivity contribution in [2.75, 3.05) is 0 Å². The van der Waals surface area contributed by atoms with E-state index in [-0.39, 0.29) is 12.5 Å². The van der Waals surface area contributed by atoms with Gasteiger partial charge in [0, 0.05) is 36.8 Å². The van der Waals surface area contributed by atoms with E-state index in [2.05, 4.69) is 20.5 Å². The summed E-state index contributed by atoms with van der Waals surface area (Å²) in [6.45, 7) is 0.290. The first-order valence-electron chi connectivity index (χ1n) is 9.71. The van der Waals surface area contributed by atoms with Crippen molar-refractivity contribution < 1.29 is 9.21 Å². The summed E-state index contributed by atoms with van der Waals surface area (Å²) < 4.78 is 8.75. The zero-order valence-corrected chi connectivity index (χ0v) is 16.4. The highest BCUT2D eigenvalue weighted by Crippen LogP contribution is 2.22. The van der Waals surface area contributed by atoms with Gasteiger partial charge in [-0.3, -0.25) is 4.79 Å². The van der Waals surface area contributed by atoms with Gasteiger partial charge < -0.3 is 9.73 Å². The van der Waals surface area contributed by atoms with Crippen molar-refractivity contribution in [3.05, 3.63) is 103 Å². The lowest BCUT2D eigenvalue weighted by Crippen LogP contribution is -2.26. The van der Waals surface area contributed by atoms with Gasteiger partial charge in [0.05, 0.1) is 12.0 Å². The first-order valence-corrected chi connectivity index (χ1v) is 9.71. The molecule has 5 rings (SSSR count). The summed E-state index contributed by atoms with van der Waals surface area (Å²) in [5.41, 5.74) is 2.61. The molecule has 0 aliphatic heterocycles. The van der Waals surface area contributed by atoms with Gasteiger partial charge in [-0.15, -0.1) is 0 Å². The summed E-state index contributed by atoms with van der Waals surface area (Å²) in [4.78, 5) is 17.5. The Morgan fingerprint density at radius 2 is 1.90 bits per heavy atom. The second-order valence-electron chi connectivity index (χ2n) is 6.76. The summed E-state index contributed by atoms with van der Waals surface area (Å²) in [5, 5.41) is 11.8. The van der Waals surface area contributed by atoms with Gasteiger partial charge in [0.15, 0.2) is 11.6 Å². The normalized spacial score (nSPS) is 10.8. The Morgan fingerprint density at radius 3 is 2.68 bits per heavy atom. The molecule has 8 heteroatoms. The van der Waals surface area contributed by atoms with Crippen LogP contribution in [0, 0.1) is 0 Å². The maximum atomic E-state index is 13.1. The van der Waals surface area contributed by atoms with E-state index in [1.54, 1.807) is 40.2 Å². The molecule has 0 aliphatic rings. The number of nitrogens with zero attached hydrogens (tertiary/aromatic N) is 5. The van der Waals surface area contributed by atoms with E-state index >= 15 is 0 Å². The third kappa shape index (κ3) is 3.74. The lowest BCUT2D eigenvalue weighted by atomic mass is 10.2. The van der Waals surface area contributed by atoms with Crippen molar-refractivity contribution in [2.24, 2.45) is 0 Å². The van der Waals surface area contributed by atoms with Crippen molar-refractivity contribution in [3.8, 4) is 23.0 Å². The van der Waals surface area contributed by atoms with Crippen LogP contribution in [0.4, 0.5) is 0 Å². The molecule has 1 aromatic carbocycles. The fourth-order valence-electron chi connectivity index (χ4n) is 3.29. The number of pyridine rings is 1. The molecule has 1 N–H and O–H groups in total. The average Bonchev–Trinajstić information content (AvgIpc) is 3.59. The van der Waals surface area contributed by atoms with Crippen molar-refractivity contribution >= 4 is 5.91 Å². The second-order valence-corrected chi connectivity index (χ2v) is 6.76. The molecule has 1 amide bonds. The Morgan fingerprint density at radius 1 is 1.00 bits per heavy atom. The van der Waals surface area contributed by atoms with Gasteiger partial charge >= 0.3 is 0 Å². The third-order valence-corrected chi connectivity index (χ3v) is 4.74. The van der Waals surface area contributed by atoms with Gasteiger partial charge in [-0.25, -0.2) is 14.3 Å². The number of carbonyl (C=O) groups is 1. The van der Waals surface area contributed by atoms with Crippen LogP contribution in [0.1, 0.15) is 16.1 Å². The summed E-state index contributed by atoms with van der Waals surface area (Å²) in [6.07, 6.45) is 6.78. The van der Waals surface area contributed by atoms with Crippen LogP contribution >= 0.6 is 0 Å². The summed E-state index contributed by atoms with van der Waals surface area (Å²) >= 11 is 0. The highest BCUT2D eigenvalue weighted by Gasteiger charge is 2.19. The number of para-hydroxylation sites is 1. The van der Waals surface area contributed by atoms with Crippen molar-refractivity contribution in [2.45, 2.75) is 6.54 Å². The maximum Gasteiger partial charge on any atom is 0.270 e. The number of aromatic nitrogens is 5. The van der Waals surface area contributed by atoms with E-state index in [1.165, 1.54) is 0 Å². The van der Waals surface area contributed by atoms with Crippen LogP contribution in [0.15, 0.2) is 96.0 Å². The maximum absolute atomic E-state index is 13.1. The molecule has 0 radical (unpaired) electrons. The number of benzene rings is 1. The highest BCUT2D eigenvalue weighted by atomic mass is 16.3. The van der Waals surface area contributed by atoms with Gasteiger partial charge in [-0.1, -0.05) is 24.3 Å². The Labute approximate surface area is 177 Å². The molecule has 8 nitrogen and oxygen atoms in total. The zero-order chi connectivity index (χ0) is 21.0. The summed E-state index contributed by atoms with van der Waals surface area (Å²) in [7, 11) is 0. The molecule has 0 aliphatic carbocycles. The lowest BCUT2D eigenvalue weighted by Gasteiger charge is -2.11. The Balaban J connectivity index is 1.45. The van der Waals surface area contributed by atoms with Crippen LogP contribution in [0.3, 0.4) is 0 Å². The Hall–Kier alpha value is -4.46. The largest absolute Gasteiger partial charge is 0.463 e.